The Hall–Kier alpha value is -3.09. The van der Waals surface area contributed by atoms with E-state index >= 15 is 0 Å². The van der Waals surface area contributed by atoms with Crippen molar-refractivity contribution >= 4 is 28.1 Å². The van der Waals surface area contributed by atoms with Gasteiger partial charge in [-0.25, -0.2) is 19.9 Å². The zero-order valence-corrected chi connectivity index (χ0v) is 17.9. The monoisotopic (exact) mass is 420 g/mol. The van der Waals surface area contributed by atoms with Gasteiger partial charge in [0.2, 0.25) is 5.95 Å². The Morgan fingerprint density at radius 3 is 2.77 bits per heavy atom. The molecule has 0 amide bonds. The van der Waals surface area contributed by atoms with Crippen LogP contribution in [0.15, 0.2) is 36.1 Å². The quantitative estimate of drug-likeness (QED) is 0.649. The fraction of sp³-hybridized carbons (Fsp3) is 0.381. The van der Waals surface area contributed by atoms with Crippen LogP contribution in [0.4, 0.5) is 16.8 Å². The summed E-state index contributed by atoms with van der Waals surface area (Å²) in [6.45, 7) is 2.92. The molecule has 8 nitrogen and oxygen atoms in total. The molecule has 0 unspecified atom stereocenters. The van der Waals surface area contributed by atoms with E-state index < -0.39 is 0 Å². The van der Waals surface area contributed by atoms with Crippen molar-refractivity contribution < 1.29 is 0 Å². The van der Waals surface area contributed by atoms with E-state index in [1.165, 1.54) is 0 Å². The van der Waals surface area contributed by atoms with Crippen molar-refractivity contribution in [2.24, 2.45) is 0 Å². The zero-order chi connectivity index (χ0) is 20.9. The SMILES string of the molecule is CN(C)c1ncc(CN2CCC[C@@H](c3csc(Nc4ccc(C#N)nc4)n3)C2)cn1. The standard InChI is InChI=1S/C21H24N8S/c1-28(2)20-24-9-15(10-25-20)12-29-7-3-4-16(13-29)19-14-30-21(27-19)26-18-6-5-17(8-22)23-11-18/h5-6,9-11,14,16H,3-4,7,12-13H2,1-2H3,(H,26,27)/t16-/m1/s1. The van der Waals surface area contributed by atoms with Crippen molar-refractivity contribution in [3.8, 4) is 6.07 Å². The summed E-state index contributed by atoms with van der Waals surface area (Å²) in [5, 5.41) is 15.1. The van der Waals surface area contributed by atoms with Gasteiger partial charge >= 0.3 is 0 Å². The van der Waals surface area contributed by atoms with E-state index in [-0.39, 0.29) is 0 Å². The van der Waals surface area contributed by atoms with Gasteiger partial charge in [-0.05, 0) is 31.5 Å². The number of likely N-dealkylation sites (tertiary alicyclic amines) is 1. The third kappa shape index (κ3) is 4.90. The summed E-state index contributed by atoms with van der Waals surface area (Å²) in [7, 11) is 3.89. The lowest BCUT2D eigenvalue weighted by Crippen LogP contribution is -2.34. The Morgan fingerprint density at radius 2 is 2.07 bits per heavy atom. The average Bonchev–Trinajstić information content (AvgIpc) is 3.23. The van der Waals surface area contributed by atoms with Crippen LogP contribution in [0.1, 0.15) is 35.7 Å². The molecule has 1 saturated heterocycles. The summed E-state index contributed by atoms with van der Waals surface area (Å²) in [6, 6.07) is 5.57. The van der Waals surface area contributed by atoms with E-state index in [4.69, 9.17) is 10.2 Å². The Balaban J connectivity index is 1.36. The summed E-state index contributed by atoms with van der Waals surface area (Å²) in [4.78, 5) is 22.1. The van der Waals surface area contributed by atoms with Gasteiger partial charge in [-0.15, -0.1) is 11.3 Å². The van der Waals surface area contributed by atoms with Gasteiger partial charge < -0.3 is 10.2 Å². The van der Waals surface area contributed by atoms with Crippen LogP contribution in [-0.2, 0) is 6.54 Å². The van der Waals surface area contributed by atoms with Gasteiger partial charge in [0.15, 0.2) is 5.13 Å². The van der Waals surface area contributed by atoms with Crippen LogP contribution < -0.4 is 10.2 Å². The molecular formula is C21H24N8S. The Kier molecular flexibility index (Phi) is 6.16. The number of hydrogen-bond acceptors (Lipinski definition) is 9. The van der Waals surface area contributed by atoms with Crippen molar-refractivity contribution in [3.63, 3.8) is 0 Å². The molecule has 1 aliphatic heterocycles. The van der Waals surface area contributed by atoms with Gasteiger partial charge in [0.05, 0.1) is 17.6 Å². The first-order valence-corrected chi connectivity index (χ1v) is 10.8. The predicted octanol–water partition coefficient (Wildman–Crippen LogP) is 3.39. The van der Waals surface area contributed by atoms with Crippen molar-refractivity contribution in [2.45, 2.75) is 25.3 Å². The maximum Gasteiger partial charge on any atom is 0.224 e. The van der Waals surface area contributed by atoms with Crippen LogP contribution in [-0.4, -0.2) is 52.0 Å². The lowest BCUT2D eigenvalue weighted by atomic mass is 9.95. The molecule has 4 rings (SSSR count). The molecule has 0 spiro atoms. The second kappa shape index (κ2) is 9.15. The molecule has 0 saturated carbocycles. The molecule has 9 heteroatoms. The van der Waals surface area contributed by atoms with Crippen LogP contribution in [0, 0.1) is 11.3 Å². The van der Waals surface area contributed by atoms with Crippen molar-refractivity contribution in [2.75, 3.05) is 37.4 Å². The molecule has 154 valence electrons. The number of nitrogens with zero attached hydrogens (tertiary/aromatic N) is 7. The molecule has 1 N–H and O–H groups in total. The first kappa shape index (κ1) is 20.2. The first-order chi connectivity index (χ1) is 14.6. The molecular weight excluding hydrogens is 396 g/mol. The number of nitrogens with one attached hydrogen (secondary N) is 1. The Bertz CT molecular complexity index is 1010. The third-order valence-corrected chi connectivity index (χ3v) is 5.85. The summed E-state index contributed by atoms with van der Waals surface area (Å²) in [5.41, 5.74) is 3.51. The van der Waals surface area contributed by atoms with E-state index in [2.05, 4.69) is 30.5 Å². The lowest BCUT2D eigenvalue weighted by molar-refractivity contribution is 0.198. The average molecular weight is 421 g/mol. The Morgan fingerprint density at radius 1 is 1.23 bits per heavy atom. The molecule has 1 atom stereocenters. The summed E-state index contributed by atoms with van der Waals surface area (Å²) in [5.74, 6) is 1.15. The lowest BCUT2D eigenvalue weighted by Gasteiger charge is -2.31. The van der Waals surface area contributed by atoms with Crippen LogP contribution in [0.25, 0.3) is 0 Å². The van der Waals surface area contributed by atoms with Gasteiger partial charge in [0, 0.05) is 56.4 Å². The van der Waals surface area contributed by atoms with E-state index in [9.17, 15) is 0 Å². The highest BCUT2D eigenvalue weighted by Gasteiger charge is 2.23. The fourth-order valence-corrected chi connectivity index (χ4v) is 4.36. The maximum absolute atomic E-state index is 8.86. The van der Waals surface area contributed by atoms with Gasteiger partial charge in [0.25, 0.3) is 0 Å². The molecule has 1 fully saturated rings. The summed E-state index contributed by atoms with van der Waals surface area (Å²) >= 11 is 1.60. The first-order valence-electron chi connectivity index (χ1n) is 9.90. The second-order valence-electron chi connectivity index (χ2n) is 7.61. The summed E-state index contributed by atoms with van der Waals surface area (Å²) < 4.78 is 0. The molecule has 4 heterocycles. The van der Waals surface area contributed by atoms with Crippen LogP contribution >= 0.6 is 11.3 Å². The van der Waals surface area contributed by atoms with Crippen LogP contribution in [0.2, 0.25) is 0 Å². The van der Waals surface area contributed by atoms with E-state index in [0.717, 1.165) is 60.5 Å². The minimum absolute atomic E-state index is 0.407. The molecule has 0 bridgehead atoms. The summed E-state index contributed by atoms with van der Waals surface area (Å²) in [6.07, 6.45) is 7.80. The number of piperidine rings is 1. The molecule has 30 heavy (non-hydrogen) atoms. The molecule has 0 radical (unpaired) electrons. The molecule has 0 aliphatic carbocycles. The van der Waals surface area contributed by atoms with Crippen molar-refractivity contribution in [1.82, 2.24) is 24.8 Å². The van der Waals surface area contributed by atoms with Gasteiger partial charge in [-0.2, -0.15) is 5.26 Å². The number of hydrogen-bond donors (Lipinski definition) is 1. The minimum atomic E-state index is 0.407. The highest BCUT2D eigenvalue weighted by molar-refractivity contribution is 7.13. The number of aromatic nitrogens is 4. The third-order valence-electron chi connectivity index (χ3n) is 5.07. The molecule has 3 aromatic heterocycles. The second-order valence-corrected chi connectivity index (χ2v) is 8.46. The Labute approximate surface area is 180 Å². The smallest absolute Gasteiger partial charge is 0.224 e. The fourth-order valence-electron chi connectivity index (χ4n) is 3.55. The normalized spacial score (nSPS) is 16.8. The van der Waals surface area contributed by atoms with Gasteiger partial charge in [-0.3, -0.25) is 4.90 Å². The van der Waals surface area contributed by atoms with Crippen LogP contribution in [0.5, 0.6) is 0 Å². The number of nitriles is 1. The topological polar surface area (TPSA) is 93.9 Å². The number of thiazole rings is 1. The number of pyridine rings is 1. The van der Waals surface area contributed by atoms with Gasteiger partial charge in [0.1, 0.15) is 11.8 Å². The maximum atomic E-state index is 8.86. The molecule has 1 aliphatic rings. The largest absolute Gasteiger partial charge is 0.347 e. The van der Waals surface area contributed by atoms with Crippen LogP contribution in [0.3, 0.4) is 0 Å². The van der Waals surface area contributed by atoms with E-state index in [1.54, 1.807) is 23.6 Å². The molecule has 3 aromatic rings. The van der Waals surface area contributed by atoms with E-state index in [0.29, 0.717) is 11.6 Å². The zero-order valence-electron chi connectivity index (χ0n) is 17.1. The van der Waals surface area contributed by atoms with Gasteiger partial charge in [-0.1, -0.05) is 0 Å². The highest BCUT2D eigenvalue weighted by atomic mass is 32.1. The number of anilines is 3. The molecule has 0 aromatic carbocycles. The van der Waals surface area contributed by atoms with Crippen molar-refractivity contribution in [3.05, 3.63) is 53.1 Å². The predicted molar refractivity (Wildman–Crippen MR) is 118 cm³/mol. The highest BCUT2D eigenvalue weighted by Crippen LogP contribution is 2.31. The van der Waals surface area contributed by atoms with E-state index in [1.807, 2.05) is 43.5 Å². The number of rotatable bonds is 6. The minimum Gasteiger partial charge on any atom is -0.347 e. The van der Waals surface area contributed by atoms with Crippen molar-refractivity contribution in [1.29, 1.82) is 5.26 Å².